The van der Waals surface area contributed by atoms with Crippen LogP contribution in [-0.2, 0) is 14.3 Å². The van der Waals surface area contributed by atoms with Crippen LogP contribution in [0.4, 0.5) is 0 Å². The van der Waals surface area contributed by atoms with Crippen LogP contribution in [0.1, 0.15) is 6.42 Å². The molecule has 92 valence electrons. The number of rotatable bonds is 4. The lowest BCUT2D eigenvalue weighted by Crippen LogP contribution is -2.53. The Kier molecular flexibility index (Phi) is 3.86. The number of aliphatic hydroxyl groups excluding tert-OH is 1. The molecule has 1 atom stereocenters. The summed E-state index contributed by atoms with van der Waals surface area (Å²) in [5.41, 5.74) is 0.349. The maximum Gasteiger partial charge on any atom is 0.355 e. The molecular weight excluding hydrogens is 242 g/mol. The highest BCUT2D eigenvalue weighted by atomic mass is 32.2. The summed E-state index contributed by atoms with van der Waals surface area (Å²) in [5, 5.41) is 8.61. The molecule has 17 heavy (non-hydrogen) atoms. The third-order valence-corrected chi connectivity index (χ3v) is 3.64. The molecule has 2 aliphatic rings. The molecule has 1 amide bonds. The summed E-state index contributed by atoms with van der Waals surface area (Å²) in [7, 11) is 0. The highest BCUT2D eigenvalue weighted by Gasteiger charge is 2.43. The first kappa shape index (κ1) is 12.2. The first-order valence-electron chi connectivity index (χ1n) is 5.31. The lowest BCUT2D eigenvalue weighted by atomic mass is 10.1. The minimum Gasteiger partial charge on any atom is -0.457 e. The molecule has 0 aliphatic carbocycles. The van der Waals surface area contributed by atoms with Gasteiger partial charge in [0.25, 0.3) is 0 Å². The Morgan fingerprint density at radius 2 is 2.47 bits per heavy atom. The van der Waals surface area contributed by atoms with Gasteiger partial charge in [-0.1, -0.05) is 6.08 Å². The quantitative estimate of drug-likeness (QED) is 0.443. The van der Waals surface area contributed by atoms with Gasteiger partial charge in [0.15, 0.2) is 0 Å². The predicted octanol–water partition coefficient (Wildman–Crippen LogP) is 0.267. The van der Waals surface area contributed by atoms with Crippen molar-refractivity contribution >= 4 is 23.6 Å². The van der Waals surface area contributed by atoms with Crippen molar-refractivity contribution in [1.29, 1.82) is 0 Å². The average Bonchev–Trinajstić information content (AvgIpc) is 2.32. The van der Waals surface area contributed by atoms with Crippen molar-refractivity contribution in [2.45, 2.75) is 11.8 Å². The van der Waals surface area contributed by atoms with E-state index in [4.69, 9.17) is 9.84 Å². The molecule has 0 unspecified atom stereocenters. The van der Waals surface area contributed by atoms with Crippen LogP contribution in [0, 0.1) is 0 Å². The summed E-state index contributed by atoms with van der Waals surface area (Å²) in [4.78, 5) is 24.6. The van der Waals surface area contributed by atoms with Gasteiger partial charge in [0.2, 0.25) is 5.91 Å². The molecule has 1 fully saturated rings. The summed E-state index contributed by atoms with van der Waals surface area (Å²) in [6.07, 6.45) is 5.28. The maximum atomic E-state index is 11.7. The van der Waals surface area contributed by atoms with E-state index in [-0.39, 0.29) is 24.5 Å². The van der Waals surface area contributed by atoms with Crippen molar-refractivity contribution in [3.8, 4) is 0 Å². The molecule has 0 aromatic rings. The summed E-state index contributed by atoms with van der Waals surface area (Å²) >= 11 is 1.64. The zero-order chi connectivity index (χ0) is 12.3. The monoisotopic (exact) mass is 255 g/mol. The van der Waals surface area contributed by atoms with E-state index in [1.165, 1.54) is 11.0 Å². The molecule has 2 heterocycles. The molecule has 0 saturated carbocycles. The summed E-state index contributed by atoms with van der Waals surface area (Å²) in [5.74, 6) is 0.216. The van der Waals surface area contributed by atoms with Crippen molar-refractivity contribution in [3.05, 3.63) is 23.9 Å². The number of aliphatic hydroxyl groups is 1. The van der Waals surface area contributed by atoms with Crippen molar-refractivity contribution < 1.29 is 19.4 Å². The van der Waals surface area contributed by atoms with Crippen molar-refractivity contribution in [2.75, 3.05) is 19.0 Å². The van der Waals surface area contributed by atoms with Gasteiger partial charge in [-0.15, -0.1) is 11.8 Å². The van der Waals surface area contributed by atoms with Gasteiger partial charge in [0.1, 0.15) is 12.3 Å². The molecule has 1 N–H and O–H groups in total. The standard InChI is InChI=1S/C11H13NO4S/c13-4-1-2-5-16-11(15)8-3-6-17-10-7-9(14)12(8)10/h1-3,10,13H,4-7H2/b2-1+/t10-/m1/s1. The van der Waals surface area contributed by atoms with E-state index in [2.05, 4.69) is 0 Å². The third kappa shape index (κ3) is 2.53. The lowest BCUT2D eigenvalue weighted by Gasteiger charge is -2.42. The number of amides is 1. The van der Waals surface area contributed by atoms with Gasteiger partial charge in [0, 0.05) is 5.75 Å². The van der Waals surface area contributed by atoms with Crippen molar-refractivity contribution in [1.82, 2.24) is 4.90 Å². The van der Waals surface area contributed by atoms with Crippen LogP contribution in [0.3, 0.4) is 0 Å². The minimum absolute atomic E-state index is 0.0312. The Morgan fingerprint density at radius 1 is 1.65 bits per heavy atom. The molecule has 0 spiro atoms. The number of hydrogen-bond donors (Lipinski definition) is 1. The van der Waals surface area contributed by atoms with E-state index in [9.17, 15) is 9.59 Å². The normalized spacial score (nSPS) is 23.1. The van der Waals surface area contributed by atoms with Gasteiger partial charge in [0.05, 0.1) is 18.4 Å². The van der Waals surface area contributed by atoms with Gasteiger partial charge in [-0.05, 0) is 12.2 Å². The van der Waals surface area contributed by atoms with Crippen LogP contribution in [0.2, 0.25) is 0 Å². The van der Waals surface area contributed by atoms with E-state index < -0.39 is 5.97 Å². The number of hydrogen-bond acceptors (Lipinski definition) is 5. The van der Waals surface area contributed by atoms with Gasteiger partial charge in [-0.2, -0.15) is 0 Å². The molecule has 5 nitrogen and oxygen atoms in total. The molecule has 6 heteroatoms. The lowest BCUT2D eigenvalue weighted by molar-refractivity contribution is -0.148. The number of nitrogens with zero attached hydrogens (tertiary/aromatic N) is 1. The number of esters is 1. The number of carbonyl (C=O) groups is 2. The smallest absolute Gasteiger partial charge is 0.355 e. The Morgan fingerprint density at radius 3 is 3.18 bits per heavy atom. The minimum atomic E-state index is -0.481. The Balaban J connectivity index is 1.92. The molecule has 2 rings (SSSR count). The van der Waals surface area contributed by atoms with Gasteiger partial charge in [-0.3, -0.25) is 9.69 Å². The van der Waals surface area contributed by atoms with Crippen molar-refractivity contribution in [2.24, 2.45) is 0 Å². The maximum absolute atomic E-state index is 11.7. The first-order valence-corrected chi connectivity index (χ1v) is 6.35. The fourth-order valence-electron chi connectivity index (χ4n) is 1.67. The number of fused-ring (bicyclic) bond motifs is 1. The molecule has 0 radical (unpaired) electrons. The average molecular weight is 255 g/mol. The summed E-state index contributed by atoms with van der Waals surface area (Å²) < 4.78 is 4.98. The van der Waals surface area contributed by atoms with E-state index in [0.29, 0.717) is 12.1 Å². The molecule has 1 saturated heterocycles. The van der Waals surface area contributed by atoms with Crippen LogP contribution in [0.5, 0.6) is 0 Å². The Bertz CT molecular complexity index is 391. The highest BCUT2D eigenvalue weighted by molar-refractivity contribution is 8.00. The van der Waals surface area contributed by atoms with E-state index in [1.54, 1.807) is 23.9 Å². The second-order valence-corrected chi connectivity index (χ2v) is 4.81. The largest absolute Gasteiger partial charge is 0.457 e. The van der Waals surface area contributed by atoms with Gasteiger partial charge in [-0.25, -0.2) is 4.79 Å². The fourth-order valence-corrected chi connectivity index (χ4v) is 2.79. The Hall–Kier alpha value is -1.27. The number of carbonyl (C=O) groups excluding carboxylic acids is 2. The van der Waals surface area contributed by atoms with Crippen LogP contribution in [0.25, 0.3) is 0 Å². The third-order valence-electron chi connectivity index (χ3n) is 2.52. The highest BCUT2D eigenvalue weighted by Crippen LogP contribution is 2.37. The van der Waals surface area contributed by atoms with Crippen LogP contribution in [0.15, 0.2) is 23.9 Å². The molecule has 0 bridgehead atoms. The first-order chi connectivity index (χ1) is 8.24. The van der Waals surface area contributed by atoms with Crippen molar-refractivity contribution in [3.63, 3.8) is 0 Å². The molecular formula is C11H13NO4S. The number of thioether (sulfide) groups is 1. The zero-order valence-corrected chi connectivity index (χ0v) is 9.98. The number of ether oxygens (including phenoxy) is 1. The molecule has 0 aromatic carbocycles. The van der Waals surface area contributed by atoms with Crippen LogP contribution in [-0.4, -0.2) is 46.2 Å². The fraction of sp³-hybridized carbons (Fsp3) is 0.455. The topological polar surface area (TPSA) is 66.8 Å². The molecule has 0 aromatic heterocycles. The SMILES string of the molecule is O=C(OC/C=C/CO)C1=CCS[C@@H]2CC(=O)N12. The Labute approximate surface area is 103 Å². The molecule has 2 aliphatic heterocycles. The van der Waals surface area contributed by atoms with Gasteiger partial charge < -0.3 is 9.84 Å². The van der Waals surface area contributed by atoms with Crippen LogP contribution >= 0.6 is 11.8 Å². The summed E-state index contributed by atoms with van der Waals surface area (Å²) in [6.45, 7) is 0.0279. The van der Waals surface area contributed by atoms with Crippen LogP contribution < -0.4 is 0 Å². The zero-order valence-electron chi connectivity index (χ0n) is 9.17. The van der Waals surface area contributed by atoms with E-state index >= 15 is 0 Å². The summed E-state index contributed by atoms with van der Waals surface area (Å²) in [6, 6.07) is 0. The second-order valence-electron chi connectivity index (χ2n) is 3.60. The van der Waals surface area contributed by atoms with E-state index in [1.807, 2.05) is 0 Å². The predicted molar refractivity (Wildman–Crippen MR) is 63.0 cm³/mol. The second kappa shape index (κ2) is 5.37. The number of β-lactam (4-membered cyclic amide) rings is 1. The van der Waals surface area contributed by atoms with E-state index in [0.717, 1.165) is 5.75 Å². The van der Waals surface area contributed by atoms with Gasteiger partial charge >= 0.3 is 5.97 Å².